The summed E-state index contributed by atoms with van der Waals surface area (Å²) in [7, 11) is -9.92. The maximum atomic E-state index is 13.1. The summed E-state index contributed by atoms with van der Waals surface area (Å²) in [6.45, 7) is 14.3. The van der Waals surface area contributed by atoms with Crippen molar-refractivity contribution in [2.45, 2.75) is 427 Å². The maximum Gasteiger partial charge on any atom is 0.472 e. The highest BCUT2D eigenvalue weighted by Crippen LogP contribution is 2.45. The van der Waals surface area contributed by atoms with Crippen molar-refractivity contribution in [2.24, 2.45) is 23.7 Å². The molecular formula is C80H156O17P2. The van der Waals surface area contributed by atoms with Gasteiger partial charge < -0.3 is 33.8 Å². The molecule has 0 aromatic carbocycles. The second-order valence-corrected chi connectivity index (χ2v) is 33.6. The first kappa shape index (κ1) is 97.1. The van der Waals surface area contributed by atoms with Gasteiger partial charge in [-0.25, -0.2) is 9.13 Å². The smallest absolute Gasteiger partial charge is 0.462 e. The number of aliphatic hydroxyl groups excluding tert-OH is 1. The quantitative estimate of drug-likeness (QED) is 0.0222. The van der Waals surface area contributed by atoms with Crippen LogP contribution in [0.25, 0.3) is 0 Å². The van der Waals surface area contributed by atoms with Gasteiger partial charge in [0.1, 0.15) is 19.3 Å². The van der Waals surface area contributed by atoms with Gasteiger partial charge in [-0.3, -0.25) is 37.3 Å². The molecule has 19 heteroatoms. The third-order valence-corrected chi connectivity index (χ3v) is 20.5. The zero-order valence-corrected chi connectivity index (χ0v) is 66.9. The molecule has 0 rings (SSSR count). The molecule has 0 spiro atoms. The summed E-state index contributed by atoms with van der Waals surface area (Å²) in [6, 6.07) is 0. The van der Waals surface area contributed by atoms with E-state index in [4.69, 9.17) is 37.0 Å². The number of carbonyl (C=O) groups is 4. The van der Waals surface area contributed by atoms with Gasteiger partial charge in [-0.1, -0.05) is 357 Å². The number of phosphoric acid groups is 2. The topological polar surface area (TPSA) is 237 Å². The lowest BCUT2D eigenvalue weighted by molar-refractivity contribution is -0.161. The van der Waals surface area contributed by atoms with Gasteiger partial charge in [0.2, 0.25) is 0 Å². The molecule has 0 bridgehead atoms. The molecule has 0 saturated heterocycles. The summed E-state index contributed by atoms with van der Waals surface area (Å²) in [5.74, 6) is 0.975. The first-order valence-corrected chi connectivity index (χ1v) is 44.2. The molecular weight excluding hydrogens is 1290 g/mol. The predicted octanol–water partition coefficient (Wildman–Crippen LogP) is 23.6. The van der Waals surface area contributed by atoms with Crippen LogP contribution in [0.4, 0.5) is 0 Å². The Balaban J connectivity index is 5.26. The van der Waals surface area contributed by atoms with E-state index in [2.05, 4.69) is 55.4 Å². The summed E-state index contributed by atoms with van der Waals surface area (Å²) in [6.07, 6.45) is 55.4. The van der Waals surface area contributed by atoms with Gasteiger partial charge in [-0.15, -0.1) is 0 Å². The van der Waals surface area contributed by atoms with Crippen LogP contribution in [-0.2, 0) is 65.4 Å². The summed E-state index contributed by atoms with van der Waals surface area (Å²) >= 11 is 0. The van der Waals surface area contributed by atoms with E-state index in [1.54, 1.807) is 0 Å². The molecule has 0 aliphatic heterocycles. The number of phosphoric ester groups is 2. The minimum atomic E-state index is -4.96. The van der Waals surface area contributed by atoms with E-state index in [-0.39, 0.29) is 25.7 Å². The fourth-order valence-electron chi connectivity index (χ4n) is 12.3. The third kappa shape index (κ3) is 74.1. The van der Waals surface area contributed by atoms with Crippen LogP contribution in [0, 0.1) is 23.7 Å². The molecule has 0 aromatic heterocycles. The Bertz CT molecular complexity index is 1940. The van der Waals surface area contributed by atoms with E-state index in [0.717, 1.165) is 114 Å². The number of unbranched alkanes of at least 4 members (excludes halogenated alkanes) is 43. The molecule has 0 radical (unpaired) electrons. The number of carbonyl (C=O) groups excluding carboxylic acids is 4. The van der Waals surface area contributed by atoms with Crippen molar-refractivity contribution < 1.29 is 80.2 Å². The summed E-state index contributed by atoms with van der Waals surface area (Å²) < 4.78 is 68.7. The predicted molar refractivity (Wildman–Crippen MR) is 404 cm³/mol. The SMILES string of the molecule is CC(C)CCCCCCCCCCCCCCCCCCC(=O)O[C@H](COC(=O)CCCCCCCCCCCCCC(C)C)COP(=O)(O)OC[C@@H](O)COP(=O)(O)OC[C@@H](COC(=O)CCCCCCCCCCCC(C)C)OC(=O)CCCCCCCCCCCCCC(C)C. The molecule has 99 heavy (non-hydrogen) atoms. The number of ether oxygens (including phenoxy) is 4. The van der Waals surface area contributed by atoms with Crippen molar-refractivity contribution in [2.75, 3.05) is 39.6 Å². The van der Waals surface area contributed by atoms with E-state index in [1.807, 2.05) is 0 Å². The van der Waals surface area contributed by atoms with Crippen molar-refractivity contribution in [3.05, 3.63) is 0 Å². The van der Waals surface area contributed by atoms with Crippen molar-refractivity contribution in [3.63, 3.8) is 0 Å². The van der Waals surface area contributed by atoms with Crippen LogP contribution in [0.5, 0.6) is 0 Å². The van der Waals surface area contributed by atoms with Crippen molar-refractivity contribution >= 4 is 39.5 Å². The fourth-order valence-corrected chi connectivity index (χ4v) is 13.8. The standard InChI is InChI=1S/C80H156O17P2/c1-70(2)56-48-40-32-24-17-13-11-9-10-12-14-20-29-38-46-54-62-79(84)96-75(66-90-77(82)60-52-44-36-28-21-15-18-25-33-41-49-57-71(3)4)68-94-98(86,87)92-64-74(81)65-93-99(88,89)95-69-76(67-91-78(83)61-53-45-37-31-23-27-35-43-51-59-73(7)8)97-80(85)63-55-47-39-30-22-16-19-26-34-42-50-58-72(5)6/h70-76,81H,9-69H2,1-8H3,(H,86,87)(H,88,89)/t74-,75-,76-/m1/s1. The Morgan fingerprint density at radius 3 is 0.626 bits per heavy atom. The highest BCUT2D eigenvalue weighted by atomic mass is 31.2. The normalized spacial score (nSPS) is 14.1. The summed E-state index contributed by atoms with van der Waals surface area (Å²) in [4.78, 5) is 73.0. The van der Waals surface area contributed by atoms with Crippen LogP contribution in [0.3, 0.4) is 0 Å². The zero-order valence-electron chi connectivity index (χ0n) is 65.1. The summed E-state index contributed by atoms with van der Waals surface area (Å²) in [5.41, 5.74) is 0. The van der Waals surface area contributed by atoms with Gasteiger partial charge in [0, 0.05) is 25.7 Å². The van der Waals surface area contributed by atoms with E-state index < -0.39 is 97.5 Å². The third-order valence-electron chi connectivity index (χ3n) is 18.6. The van der Waals surface area contributed by atoms with Crippen LogP contribution in [-0.4, -0.2) is 96.7 Å². The lowest BCUT2D eigenvalue weighted by Crippen LogP contribution is -2.30. The number of hydrogen-bond donors (Lipinski definition) is 3. The van der Waals surface area contributed by atoms with Gasteiger partial charge in [0.15, 0.2) is 12.2 Å². The minimum absolute atomic E-state index is 0.106. The zero-order chi connectivity index (χ0) is 73.1. The molecule has 588 valence electrons. The van der Waals surface area contributed by atoms with Crippen molar-refractivity contribution in [1.82, 2.24) is 0 Å². The number of aliphatic hydroxyl groups is 1. The van der Waals surface area contributed by atoms with Crippen molar-refractivity contribution in [3.8, 4) is 0 Å². The number of rotatable bonds is 77. The highest BCUT2D eigenvalue weighted by molar-refractivity contribution is 7.47. The monoisotopic (exact) mass is 1450 g/mol. The van der Waals surface area contributed by atoms with Crippen LogP contribution in [0.2, 0.25) is 0 Å². The Morgan fingerprint density at radius 2 is 0.424 bits per heavy atom. The molecule has 0 aromatic rings. The van der Waals surface area contributed by atoms with E-state index in [0.29, 0.717) is 25.7 Å². The van der Waals surface area contributed by atoms with E-state index >= 15 is 0 Å². The number of esters is 4. The lowest BCUT2D eigenvalue weighted by Gasteiger charge is -2.21. The van der Waals surface area contributed by atoms with Crippen LogP contribution in [0.1, 0.15) is 409 Å². The molecule has 0 aliphatic carbocycles. The molecule has 0 amide bonds. The van der Waals surface area contributed by atoms with Crippen molar-refractivity contribution in [1.29, 1.82) is 0 Å². The molecule has 2 unspecified atom stereocenters. The first-order valence-electron chi connectivity index (χ1n) is 41.2. The number of hydrogen-bond acceptors (Lipinski definition) is 15. The fraction of sp³-hybridized carbons (Fsp3) is 0.950. The van der Waals surface area contributed by atoms with Crippen LogP contribution in [0.15, 0.2) is 0 Å². The second kappa shape index (κ2) is 69.1. The molecule has 0 saturated carbocycles. The lowest BCUT2D eigenvalue weighted by atomic mass is 10.0. The minimum Gasteiger partial charge on any atom is -0.462 e. The first-order chi connectivity index (χ1) is 47.6. The molecule has 5 atom stereocenters. The average molecular weight is 1450 g/mol. The van der Waals surface area contributed by atoms with E-state index in [9.17, 15) is 43.2 Å². The van der Waals surface area contributed by atoms with Gasteiger partial charge in [-0.05, 0) is 49.4 Å². The second-order valence-electron chi connectivity index (χ2n) is 30.7. The summed E-state index contributed by atoms with van der Waals surface area (Å²) in [5, 5.41) is 10.6. The molecule has 3 N–H and O–H groups in total. The Morgan fingerprint density at radius 1 is 0.253 bits per heavy atom. The maximum absolute atomic E-state index is 13.1. The van der Waals surface area contributed by atoms with Crippen LogP contribution < -0.4 is 0 Å². The Labute approximate surface area is 607 Å². The molecule has 0 aliphatic rings. The Kier molecular flexibility index (Phi) is 67.8. The van der Waals surface area contributed by atoms with Gasteiger partial charge in [0.05, 0.1) is 26.4 Å². The largest absolute Gasteiger partial charge is 0.472 e. The van der Waals surface area contributed by atoms with Crippen LogP contribution >= 0.6 is 15.6 Å². The van der Waals surface area contributed by atoms with Gasteiger partial charge in [0.25, 0.3) is 0 Å². The highest BCUT2D eigenvalue weighted by Gasteiger charge is 2.30. The van der Waals surface area contributed by atoms with Gasteiger partial charge >= 0.3 is 39.5 Å². The van der Waals surface area contributed by atoms with E-state index in [1.165, 1.54) is 212 Å². The van der Waals surface area contributed by atoms with Gasteiger partial charge in [-0.2, -0.15) is 0 Å². The Hall–Kier alpha value is -1.94. The molecule has 17 nitrogen and oxygen atoms in total. The average Bonchev–Trinajstić information content (AvgIpc) is 0.944. The molecule has 0 fully saturated rings. The molecule has 0 heterocycles.